The average Bonchev–Trinajstić information content (AvgIpc) is 2.77. The fraction of sp³-hybridized carbons (Fsp3) is 0.714. The molecule has 4 saturated carbocycles. The lowest BCUT2D eigenvalue weighted by Crippen LogP contribution is -2.43. The molecule has 1 heterocycles. The third-order valence-electron chi connectivity index (χ3n) is 5.25. The van der Waals surface area contributed by atoms with Gasteiger partial charge in [-0.3, -0.25) is 0 Å². The van der Waals surface area contributed by atoms with Crippen LogP contribution in [0.3, 0.4) is 0 Å². The van der Waals surface area contributed by atoms with Gasteiger partial charge in [-0.15, -0.1) is 0 Å². The zero-order valence-electron chi connectivity index (χ0n) is 10.2. The van der Waals surface area contributed by atoms with Gasteiger partial charge in [-0.05, 0) is 55.8 Å². The van der Waals surface area contributed by atoms with E-state index in [0.717, 1.165) is 11.8 Å². The number of rotatable bonds is 2. The topological polar surface area (TPSA) is 63.3 Å². The number of aromatic carboxylic acids is 1. The molecule has 0 radical (unpaired) electrons. The van der Waals surface area contributed by atoms with E-state index in [1.54, 1.807) is 0 Å². The van der Waals surface area contributed by atoms with E-state index >= 15 is 0 Å². The van der Waals surface area contributed by atoms with E-state index in [4.69, 9.17) is 9.52 Å². The van der Waals surface area contributed by atoms with Crippen molar-refractivity contribution in [3.05, 3.63) is 17.8 Å². The van der Waals surface area contributed by atoms with Gasteiger partial charge in [-0.25, -0.2) is 9.78 Å². The number of hydrogen-bond acceptors (Lipinski definition) is 3. The second-order valence-electron chi connectivity index (χ2n) is 6.32. The summed E-state index contributed by atoms with van der Waals surface area (Å²) in [5.41, 5.74) is 0. The van der Waals surface area contributed by atoms with Gasteiger partial charge in [0.1, 0.15) is 0 Å². The minimum absolute atomic E-state index is 0.0150. The highest BCUT2D eigenvalue weighted by molar-refractivity contribution is 5.83. The highest BCUT2D eigenvalue weighted by Gasteiger charge is 2.50. The van der Waals surface area contributed by atoms with Gasteiger partial charge in [0.05, 0.1) is 6.20 Å². The Kier molecular flexibility index (Phi) is 2.11. The summed E-state index contributed by atoms with van der Waals surface area (Å²) in [5, 5.41) is 8.91. The third kappa shape index (κ3) is 1.44. The predicted molar refractivity (Wildman–Crippen MR) is 63.2 cm³/mol. The second-order valence-corrected chi connectivity index (χ2v) is 6.32. The molecule has 0 aliphatic heterocycles. The number of oxazole rings is 1. The van der Waals surface area contributed by atoms with Gasteiger partial charge >= 0.3 is 5.97 Å². The minimum Gasteiger partial charge on any atom is -0.475 e. The molecule has 4 aliphatic rings. The van der Waals surface area contributed by atoms with Gasteiger partial charge in [0, 0.05) is 5.92 Å². The number of nitrogens with zero attached hydrogens (tertiary/aromatic N) is 1. The molecule has 1 N–H and O–H groups in total. The summed E-state index contributed by atoms with van der Waals surface area (Å²) in [4.78, 5) is 15.1. The first-order chi connectivity index (χ1) is 8.70. The number of aromatic nitrogens is 1. The summed E-state index contributed by atoms with van der Waals surface area (Å²) >= 11 is 0. The van der Waals surface area contributed by atoms with Crippen molar-refractivity contribution in [3.63, 3.8) is 0 Å². The maximum atomic E-state index is 10.9. The predicted octanol–water partition coefficient (Wildman–Crippen LogP) is 2.91. The van der Waals surface area contributed by atoms with Crippen molar-refractivity contribution >= 4 is 5.97 Å². The molecule has 4 bridgehead atoms. The summed E-state index contributed by atoms with van der Waals surface area (Å²) in [6, 6.07) is 0. The molecular weight excluding hydrogens is 230 g/mol. The Morgan fingerprint density at radius 2 is 1.78 bits per heavy atom. The summed E-state index contributed by atoms with van der Waals surface area (Å²) in [7, 11) is 0. The van der Waals surface area contributed by atoms with Crippen molar-refractivity contribution in [2.45, 2.75) is 38.0 Å². The van der Waals surface area contributed by atoms with Crippen molar-refractivity contribution < 1.29 is 14.3 Å². The highest BCUT2D eigenvalue weighted by atomic mass is 16.4. The lowest BCUT2D eigenvalue weighted by molar-refractivity contribution is -0.0119. The molecule has 0 unspecified atom stereocenters. The van der Waals surface area contributed by atoms with Gasteiger partial charge < -0.3 is 9.52 Å². The summed E-state index contributed by atoms with van der Waals surface area (Å²) < 4.78 is 5.46. The Morgan fingerprint density at radius 1 is 1.17 bits per heavy atom. The Labute approximate surface area is 105 Å². The number of hydrogen-bond donors (Lipinski definition) is 1. The van der Waals surface area contributed by atoms with Crippen LogP contribution in [0.15, 0.2) is 10.6 Å². The van der Waals surface area contributed by atoms with Crippen molar-refractivity contribution in [1.82, 2.24) is 4.98 Å². The molecule has 0 spiro atoms. The Morgan fingerprint density at radius 3 is 2.28 bits per heavy atom. The fourth-order valence-electron chi connectivity index (χ4n) is 4.87. The van der Waals surface area contributed by atoms with Gasteiger partial charge in [0.25, 0.3) is 0 Å². The Balaban J connectivity index is 1.66. The zero-order valence-corrected chi connectivity index (χ0v) is 10.2. The SMILES string of the molecule is O=C(O)c1cnc(C2C3CC4CC(C3)CC2C4)o1. The van der Waals surface area contributed by atoms with Gasteiger partial charge in [0.2, 0.25) is 5.76 Å². The summed E-state index contributed by atoms with van der Waals surface area (Å²) in [5.74, 6) is 3.22. The first-order valence-corrected chi connectivity index (χ1v) is 6.89. The smallest absolute Gasteiger partial charge is 0.373 e. The minimum atomic E-state index is -1.02. The maximum Gasteiger partial charge on any atom is 0.373 e. The van der Waals surface area contributed by atoms with Crippen LogP contribution in [0.4, 0.5) is 0 Å². The van der Waals surface area contributed by atoms with Crippen LogP contribution in [0, 0.1) is 23.7 Å². The first-order valence-electron chi connectivity index (χ1n) is 6.89. The van der Waals surface area contributed by atoms with Gasteiger partial charge in [-0.2, -0.15) is 0 Å². The monoisotopic (exact) mass is 247 g/mol. The summed E-state index contributed by atoms with van der Waals surface area (Å²) in [6.45, 7) is 0. The van der Waals surface area contributed by atoms with E-state index in [2.05, 4.69) is 4.98 Å². The third-order valence-corrected chi connectivity index (χ3v) is 5.25. The lowest BCUT2D eigenvalue weighted by atomic mass is 9.52. The van der Waals surface area contributed by atoms with E-state index < -0.39 is 5.97 Å². The van der Waals surface area contributed by atoms with Crippen LogP contribution in [0.25, 0.3) is 0 Å². The van der Waals surface area contributed by atoms with Gasteiger partial charge in [0.15, 0.2) is 5.89 Å². The molecule has 4 nitrogen and oxygen atoms in total. The lowest BCUT2D eigenvalue weighted by Gasteiger charge is -2.53. The molecule has 4 fully saturated rings. The molecule has 0 atom stereocenters. The normalized spacial score (nSPS) is 41.2. The molecule has 4 heteroatoms. The average molecular weight is 247 g/mol. The fourth-order valence-corrected chi connectivity index (χ4v) is 4.87. The van der Waals surface area contributed by atoms with E-state index in [0.29, 0.717) is 23.6 Å². The molecule has 0 aromatic carbocycles. The molecule has 18 heavy (non-hydrogen) atoms. The van der Waals surface area contributed by atoms with Crippen LogP contribution in [0.2, 0.25) is 0 Å². The standard InChI is InChI=1S/C14H17NO3/c16-14(17)11-6-15-13(18-11)12-9-2-7-1-8(4-9)5-10(12)3-7/h6-10,12H,1-5H2,(H,16,17). The quantitative estimate of drug-likeness (QED) is 0.872. The zero-order chi connectivity index (χ0) is 12.3. The Hall–Kier alpha value is -1.32. The van der Waals surface area contributed by atoms with Crippen LogP contribution < -0.4 is 0 Å². The van der Waals surface area contributed by atoms with Crippen LogP contribution in [-0.2, 0) is 0 Å². The van der Waals surface area contributed by atoms with Crippen LogP contribution >= 0.6 is 0 Å². The van der Waals surface area contributed by atoms with Crippen molar-refractivity contribution in [2.75, 3.05) is 0 Å². The van der Waals surface area contributed by atoms with Crippen molar-refractivity contribution in [1.29, 1.82) is 0 Å². The number of carboxylic acid groups (broad SMARTS) is 1. The molecule has 4 aliphatic carbocycles. The van der Waals surface area contributed by atoms with Crippen LogP contribution in [0.1, 0.15) is 54.5 Å². The molecule has 0 saturated heterocycles. The van der Waals surface area contributed by atoms with E-state index in [1.807, 2.05) is 0 Å². The van der Waals surface area contributed by atoms with Crippen LogP contribution in [-0.4, -0.2) is 16.1 Å². The largest absolute Gasteiger partial charge is 0.475 e. The Bertz CT molecular complexity index is 465. The first kappa shape index (κ1) is 10.6. The van der Waals surface area contributed by atoms with E-state index in [1.165, 1.54) is 38.3 Å². The molecule has 1 aromatic heterocycles. The van der Waals surface area contributed by atoms with E-state index in [9.17, 15) is 4.79 Å². The molecule has 96 valence electrons. The second kappa shape index (κ2) is 3.59. The molecule has 1 aromatic rings. The molecule has 0 amide bonds. The van der Waals surface area contributed by atoms with Crippen LogP contribution in [0.5, 0.6) is 0 Å². The molecular formula is C14H17NO3. The van der Waals surface area contributed by atoms with Crippen molar-refractivity contribution in [2.24, 2.45) is 23.7 Å². The summed E-state index contributed by atoms with van der Waals surface area (Å²) in [6.07, 6.45) is 7.96. The van der Waals surface area contributed by atoms with Crippen molar-refractivity contribution in [3.8, 4) is 0 Å². The molecule has 5 rings (SSSR count). The maximum absolute atomic E-state index is 10.9. The number of carboxylic acids is 1. The van der Waals surface area contributed by atoms with E-state index in [-0.39, 0.29) is 5.76 Å². The van der Waals surface area contributed by atoms with Gasteiger partial charge in [-0.1, -0.05) is 0 Å². The number of carbonyl (C=O) groups is 1. The highest BCUT2D eigenvalue weighted by Crippen LogP contribution is 2.59.